The average molecular weight is 261 g/mol. The Morgan fingerprint density at radius 1 is 0.700 bits per heavy atom. The van der Waals surface area contributed by atoms with E-state index in [1.807, 2.05) is 0 Å². The molecular weight excluding hydrogens is 240 g/mol. The van der Waals surface area contributed by atoms with Gasteiger partial charge in [-0.1, -0.05) is 62.5 Å². The largest absolute Gasteiger partial charge is 0.344 e. The van der Waals surface area contributed by atoms with Crippen molar-refractivity contribution in [3.8, 4) is 0 Å². The third-order valence-electron chi connectivity index (χ3n) is 4.39. The Morgan fingerprint density at radius 2 is 1.10 bits per heavy atom. The van der Waals surface area contributed by atoms with Crippen molar-refractivity contribution in [2.24, 2.45) is 7.05 Å². The Bertz CT molecular complexity index is 719. The standard InChI is InChI=1S/C17H21B2N/c1-18(2)12-6-8-14-15-9-7-13(19(3)4)11-17(15)20(5)16(14)10-12/h6-11H,1-5H3. The number of rotatable bonds is 2. The highest BCUT2D eigenvalue weighted by Crippen LogP contribution is 2.26. The summed E-state index contributed by atoms with van der Waals surface area (Å²) < 4.78 is 2.34. The number of fused-ring (bicyclic) bond motifs is 3. The van der Waals surface area contributed by atoms with Crippen molar-refractivity contribution in [3.05, 3.63) is 36.4 Å². The van der Waals surface area contributed by atoms with E-state index in [0.717, 1.165) is 0 Å². The molecule has 3 rings (SSSR count). The van der Waals surface area contributed by atoms with Gasteiger partial charge in [0, 0.05) is 28.9 Å². The molecule has 0 aliphatic rings. The molecule has 0 saturated heterocycles. The molecule has 0 N–H and O–H groups in total. The van der Waals surface area contributed by atoms with Crippen molar-refractivity contribution in [3.63, 3.8) is 0 Å². The van der Waals surface area contributed by atoms with E-state index >= 15 is 0 Å². The van der Waals surface area contributed by atoms with Gasteiger partial charge in [-0.25, -0.2) is 0 Å². The Morgan fingerprint density at radius 3 is 1.45 bits per heavy atom. The van der Waals surface area contributed by atoms with Crippen LogP contribution in [0.4, 0.5) is 0 Å². The first-order valence-corrected chi connectivity index (χ1v) is 7.51. The van der Waals surface area contributed by atoms with Crippen LogP contribution in [-0.4, -0.2) is 18.0 Å². The Hall–Kier alpha value is -1.63. The van der Waals surface area contributed by atoms with Gasteiger partial charge in [0.1, 0.15) is 0 Å². The van der Waals surface area contributed by atoms with Crippen LogP contribution in [0.25, 0.3) is 21.8 Å². The summed E-state index contributed by atoms with van der Waals surface area (Å²) in [6.45, 7) is 10.1. The van der Waals surface area contributed by atoms with Crippen LogP contribution in [0.2, 0.25) is 27.3 Å². The quantitative estimate of drug-likeness (QED) is 0.624. The van der Waals surface area contributed by atoms with Gasteiger partial charge in [0.2, 0.25) is 0 Å². The minimum absolute atomic E-state index is 0.573. The predicted octanol–water partition coefficient (Wildman–Crippen LogP) is 3.25. The van der Waals surface area contributed by atoms with Crippen molar-refractivity contribution in [2.75, 3.05) is 0 Å². The van der Waals surface area contributed by atoms with Crippen LogP contribution in [0.15, 0.2) is 36.4 Å². The highest BCUT2D eigenvalue weighted by molar-refractivity contribution is 6.71. The first-order valence-electron chi connectivity index (χ1n) is 7.51. The number of aryl methyl sites for hydroxylation is 1. The molecule has 100 valence electrons. The molecule has 1 aromatic heterocycles. The van der Waals surface area contributed by atoms with E-state index in [4.69, 9.17) is 0 Å². The second kappa shape index (κ2) is 4.73. The van der Waals surface area contributed by atoms with Crippen molar-refractivity contribution in [1.29, 1.82) is 0 Å². The molecule has 0 aliphatic heterocycles. The van der Waals surface area contributed by atoms with Gasteiger partial charge in [0.15, 0.2) is 13.4 Å². The fourth-order valence-electron chi connectivity index (χ4n) is 2.96. The van der Waals surface area contributed by atoms with Gasteiger partial charge < -0.3 is 4.57 Å². The smallest absolute Gasteiger partial charge is 0.169 e. The Balaban J connectivity index is 2.34. The lowest BCUT2D eigenvalue weighted by Gasteiger charge is -2.04. The van der Waals surface area contributed by atoms with Crippen LogP contribution >= 0.6 is 0 Å². The molecule has 0 saturated carbocycles. The van der Waals surface area contributed by atoms with E-state index in [1.54, 1.807) is 0 Å². The number of nitrogens with zero attached hydrogens (tertiary/aromatic N) is 1. The van der Waals surface area contributed by atoms with Gasteiger partial charge in [0.05, 0.1) is 0 Å². The van der Waals surface area contributed by atoms with Crippen LogP contribution in [0.3, 0.4) is 0 Å². The Labute approximate surface area is 122 Å². The van der Waals surface area contributed by atoms with Crippen LogP contribution in [0.5, 0.6) is 0 Å². The number of hydrogen-bond acceptors (Lipinski definition) is 0. The zero-order valence-corrected chi connectivity index (χ0v) is 13.1. The number of aromatic nitrogens is 1. The predicted molar refractivity (Wildman–Crippen MR) is 94.7 cm³/mol. The summed E-state index contributed by atoms with van der Waals surface area (Å²) in [5.41, 5.74) is 5.50. The molecule has 1 nitrogen and oxygen atoms in total. The second-order valence-corrected chi connectivity index (χ2v) is 6.42. The van der Waals surface area contributed by atoms with Crippen molar-refractivity contribution in [2.45, 2.75) is 27.3 Å². The lowest BCUT2D eigenvalue weighted by molar-refractivity contribution is 1.02. The van der Waals surface area contributed by atoms with Gasteiger partial charge in [-0.3, -0.25) is 0 Å². The average Bonchev–Trinajstić information content (AvgIpc) is 2.71. The van der Waals surface area contributed by atoms with E-state index < -0.39 is 0 Å². The molecule has 0 bridgehead atoms. The van der Waals surface area contributed by atoms with Crippen molar-refractivity contribution < 1.29 is 0 Å². The second-order valence-electron chi connectivity index (χ2n) is 6.42. The monoisotopic (exact) mass is 261 g/mol. The summed E-state index contributed by atoms with van der Waals surface area (Å²) >= 11 is 0. The molecule has 0 amide bonds. The van der Waals surface area contributed by atoms with E-state index in [1.165, 1.54) is 32.7 Å². The van der Waals surface area contributed by atoms with E-state index in [0.29, 0.717) is 13.4 Å². The topological polar surface area (TPSA) is 4.93 Å². The van der Waals surface area contributed by atoms with Crippen LogP contribution < -0.4 is 10.9 Å². The van der Waals surface area contributed by atoms with Gasteiger partial charge in [-0.05, 0) is 12.1 Å². The maximum Gasteiger partial charge on any atom is 0.169 e. The van der Waals surface area contributed by atoms with Gasteiger partial charge >= 0.3 is 0 Å². The maximum atomic E-state index is 2.34. The van der Waals surface area contributed by atoms with E-state index in [2.05, 4.69) is 75.3 Å². The van der Waals surface area contributed by atoms with Crippen molar-refractivity contribution in [1.82, 2.24) is 4.57 Å². The normalized spacial score (nSPS) is 11.2. The van der Waals surface area contributed by atoms with Crippen molar-refractivity contribution >= 4 is 46.2 Å². The van der Waals surface area contributed by atoms with Crippen LogP contribution in [-0.2, 0) is 7.05 Å². The molecule has 20 heavy (non-hydrogen) atoms. The summed E-state index contributed by atoms with van der Waals surface area (Å²) in [4.78, 5) is 0. The molecule has 2 aromatic carbocycles. The fraction of sp³-hybridized carbons (Fsp3) is 0.294. The lowest BCUT2D eigenvalue weighted by Crippen LogP contribution is -2.22. The minimum atomic E-state index is 0.573. The minimum Gasteiger partial charge on any atom is -0.344 e. The highest BCUT2D eigenvalue weighted by atomic mass is 14.9. The molecular formula is C17H21B2N. The third kappa shape index (κ3) is 1.96. The van der Waals surface area contributed by atoms with Gasteiger partial charge in [-0.15, -0.1) is 0 Å². The first-order chi connectivity index (χ1) is 9.49. The molecule has 0 aliphatic carbocycles. The SMILES string of the molecule is CB(C)c1ccc2c3ccc(B(C)C)cc3n(C)c2c1. The molecule has 3 aromatic rings. The molecule has 3 heteroatoms. The Kier molecular flexibility index (Phi) is 3.16. The molecule has 0 unspecified atom stereocenters. The van der Waals surface area contributed by atoms with Gasteiger partial charge in [-0.2, -0.15) is 0 Å². The van der Waals surface area contributed by atoms with Gasteiger partial charge in [0.25, 0.3) is 0 Å². The van der Waals surface area contributed by atoms with Crippen LogP contribution in [0.1, 0.15) is 0 Å². The lowest BCUT2D eigenvalue weighted by atomic mass is 9.49. The van der Waals surface area contributed by atoms with E-state index in [9.17, 15) is 0 Å². The summed E-state index contributed by atoms with van der Waals surface area (Å²) in [5, 5.41) is 2.73. The zero-order valence-electron chi connectivity index (χ0n) is 13.1. The molecule has 0 atom stereocenters. The third-order valence-corrected chi connectivity index (χ3v) is 4.39. The number of hydrogen-bond donors (Lipinski definition) is 0. The molecule has 1 heterocycles. The first kappa shape index (κ1) is 13.4. The fourth-order valence-corrected chi connectivity index (χ4v) is 2.96. The summed E-state index contributed by atoms with van der Waals surface area (Å²) in [6, 6.07) is 13.8. The highest BCUT2D eigenvalue weighted by Gasteiger charge is 2.12. The van der Waals surface area contributed by atoms with E-state index in [-0.39, 0.29) is 0 Å². The number of benzene rings is 2. The summed E-state index contributed by atoms with van der Waals surface area (Å²) in [6.07, 6.45) is 0. The maximum absolute atomic E-state index is 2.34. The summed E-state index contributed by atoms with van der Waals surface area (Å²) in [7, 11) is 2.18. The molecule has 0 spiro atoms. The summed E-state index contributed by atoms with van der Waals surface area (Å²) in [5.74, 6) is 0. The molecule has 0 fully saturated rings. The molecule has 0 radical (unpaired) electrons. The zero-order chi connectivity index (χ0) is 14.4. The van der Waals surface area contributed by atoms with Crippen LogP contribution in [0, 0.1) is 0 Å².